The normalized spacial score (nSPS) is 59.2. The van der Waals surface area contributed by atoms with Gasteiger partial charge in [-0.25, -0.2) is 0 Å². The fourth-order valence-electron chi connectivity index (χ4n) is 15.0. The van der Waals surface area contributed by atoms with Crippen molar-refractivity contribution in [2.45, 2.75) is 135 Å². The number of carboxylic acids is 1. The molecule has 6 aliphatic carbocycles. The summed E-state index contributed by atoms with van der Waals surface area (Å²) in [6, 6.07) is -0.00530. The topological polar surface area (TPSA) is 189 Å². The first-order chi connectivity index (χ1) is 23.0. The van der Waals surface area contributed by atoms with Crippen molar-refractivity contribution < 1.29 is 50.0 Å². The van der Waals surface area contributed by atoms with Gasteiger partial charge in [-0.15, -0.1) is 0 Å². The Balaban J connectivity index is 1.24. The van der Waals surface area contributed by atoms with E-state index in [1.165, 1.54) is 5.57 Å². The molecule has 8 rings (SSSR count). The molecular weight excluding hydrogens is 630 g/mol. The first-order valence-corrected chi connectivity index (χ1v) is 18.9. The lowest BCUT2D eigenvalue weighted by Crippen LogP contribution is -2.83. The number of hydrogen-bond acceptors (Lipinski definition) is 10. The monoisotopic (exact) mass is 689 g/mol. The number of carbonyl (C=O) groups is 1. The number of aliphatic carboxylic acids is 1. The van der Waals surface area contributed by atoms with E-state index in [0.717, 1.165) is 38.5 Å². The molecule has 11 nitrogen and oxygen atoms in total. The molecule has 2 heterocycles. The highest BCUT2D eigenvalue weighted by Gasteiger charge is 2.82. The van der Waals surface area contributed by atoms with Crippen molar-refractivity contribution in [1.82, 2.24) is 5.32 Å². The molecule has 49 heavy (non-hydrogen) atoms. The number of aliphatic hydroxyl groups excluding tert-OH is 6. The molecule has 5 saturated carbocycles. The van der Waals surface area contributed by atoms with Crippen molar-refractivity contribution in [3.05, 3.63) is 11.6 Å². The smallest absolute Gasteiger partial charge is 0.310 e. The third-order valence-electron chi connectivity index (χ3n) is 17.5. The van der Waals surface area contributed by atoms with Gasteiger partial charge in [-0.1, -0.05) is 45.8 Å². The van der Waals surface area contributed by atoms with Gasteiger partial charge in [0.25, 0.3) is 0 Å². The molecule has 1 spiro atoms. The van der Waals surface area contributed by atoms with E-state index in [-0.39, 0.29) is 65.3 Å². The van der Waals surface area contributed by atoms with Crippen molar-refractivity contribution in [3.63, 3.8) is 0 Å². The van der Waals surface area contributed by atoms with Gasteiger partial charge >= 0.3 is 5.97 Å². The number of fused-ring (bicyclic) bond motifs is 2. The van der Waals surface area contributed by atoms with Crippen LogP contribution in [0.15, 0.2) is 11.6 Å². The van der Waals surface area contributed by atoms with Gasteiger partial charge < -0.3 is 50.5 Å². The van der Waals surface area contributed by atoms with Gasteiger partial charge in [-0.05, 0) is 96.7 Å². The average Bonchev–Trinajstić information content (AvgIpc) is 3.05. The van der Waals surface area contributed by atoms with Crippen molar-refractivity contribution in [2.24, 2.45) is 55.7 Å². The fourth-order valence-corrected chi connectivity index (χ4v) is 15.0. The lowest BCUT2D eigenvalue weighted by Gasteiger charge is -2.82. The van der Waals surface area contributed by atoms with Crippen molar-refractivity contribution in [1.29, 1.82) is 0 Å². The summed E-state index contributed by atoms with van der Waals surface area (Å²) in [5.41, 5.74) is -1.77. The third kappa shape index (κ3) is 3.98. The zero-order chi connectivity index (χ0) is 35.2. The highest BCUT2D eigenvalue weighted by Crippen LogP contribution is 2.85. The lowest BCUT2D eigenvalue weighted by atomic mass is 9.23. The molecule has 11 heteroatoms. The molecule has 276 valence electrons. The van der Waals surface area contributed by atoms with E-state index < -0.39 is 59.0 Å². The van der Waals surface area contributed by atoms with Crippen LogP contribution in [0.25, 0.3) is 0 Å². The standard InChI is InChI=1S/C38H59NO10/c1-32(18-40)10-11-36(31(46)47)12-13-37-7-5-8-38(9-6-20(37)21(36)14-32)34(37,3)15-23-28-33(2,19-41)29(25(43)22(16-39-23)35(28,38)4)49-30-27(45)26(44)24(42)17-48-30/h6,21-30,39-45H,5,7-19H2,1-4H3,(H,46,47)/t21-,22-,23-,24+,25+,26-,27+,28+,29+,30-,32-,33-,34-,35-,36-,37+,38-/m0/s1. The molecule has 0 amide bonds. The predicted molar refractivity (Wildman–Crippen MR) is 177 cm³/mol. The molecule has 6 bridgehead atoms. The summed E-state index contributed by atoms with van der Waals surface area (Å²) in [5.74, 6) is -1.16. The Labute approximate surface area is 289 Å². The molecule has 2 saturated heterocycles. The van der Waals surface area contributed by atoms with E-state index in [9.17, 15) is 40.5 Å². The van der Waals surface area contributed by atoms with E-state index in [2.05, 4.69) is 32.2 Å². The van der Waals surface area contributed by atoms with Crippen molar-refractivity contribution in [3.8, 4) is 0 Å². The summed E-state index contributed by atoms with van der Waals surface area (Å²) in [5, 5.41) is 80.3. The Hall–Kier alpha value is -1.15. The first kappa shape index (κ1) is 34.9. The SMILES string of the molecule is C[C@]1(CO)CC[C@]2(C(=O)O)CC[C@]34CCC[C@@]5(CC=C3[C@@H]2C1)[C@]1(C)[C@@H]2[C@H](C[C@@]45C)NC[C@H]1[C@@H](O)[C@@H](O[C@@H]1OC[C@@H](O)[C@H](O)[C@H]1O)[C@@]2(C)CO. The lowest BCUT2D eigenvalue weighted by molar-refractivity contribution is -0.369. The Bertz CT molecular complexity index is 1410. The summed E-state index contributed by atoms with van der Waals surface area (Å²) in [6.45, 7) is 9.10. The molecular formula is C38H59NO10. The summed E-state index contributed by atoms with van der Waals surface area (Å²) in [7, 11) is 0. The highest BCUT2D eigenvalue weighted by atomic mass is 16.7. The second kappa shape index (κ2) is 10.9. The number of aliphatic hydroxyl groups is 6. The molecule has 2 aliphatic heterocycles. The number of allylic oxidation sites excluding steroid dienone is 2. The highest BCUT2D eigenvalue weighted by molar-refractivity contribution is 5.76. The maximum Gasteiger partial charge on any atom is 0.310 e. The molecule has 0 radical (unpaired) electrons. The van der Waals surface area contributed by atoms with E-state index in [1.54, 1.807) is 0 Å². The van der Waals surface area contributed by atoms with Crippen LogP contribution in [0.3, 0.4) is 0 Å². The Morgan fingerprint density at radius 3 is 2.37 bits per heavy atom. The molecule has 0 aromatic rings. The Kier molecular flexibility index (Phi) is 7.80. The van der Waals surface area contributed by atoms with Crippen LogP contribution in [-0.2, 0) is 14.3 Å². The summed E-state index contributed by atoms with van der Waals surface area (Å²) >= 11 is 0. The summed E-state index contributed by atoms with van der Waals surface area (Å²) in [6.07, 6.45) is 3.16. The first-order valence-electron chi connectivity index (χ1n) is 18.9. The van der Waals surface area contributed by atoms with E-state index in [0.29, 0.717) is 32.2 Å². The van der Waals surface area contributed by atoms with Crippen LogP contribution < -0.4 is 5.32 Å². The molecule has 7 fully saturated rings. The van der Waals surface area contributed by atoms with Gasteiger partial charge in [0.05, 0.1) is 30.8 Å². The minimum atomic E-state index is -1.51. The number of hydrogen-bond donors (Lipinski definition) is 8. The van der Waals surface area contributed by atoms with E-state index in [1.807, 2.05) is 6.92 Å². The Morgan fingerprint density at radius 2 is 1.67 bits per heavy atom. The largest absolute Gasteiger partial charge is 0.481 e. The minimum Gasteiger partial charge on any atom is -0.481 e. The third-order valence-corrected chi connectivity index (χ3v) is 17.5. The van der Waals surface area contributed by atoms with Gasteiger partial charge in [0.2, 0.25) is 0 Å². The number of ether oxygens (including phenoxy) is 2. The maximum atomic E-state index is 13.2. The summed E-state index contributed by atoms with van der Waals surface area (Å²) < 4.78 is 12.1. The number of nitrogens with one attached hydrogen (secondary N) is 1. The molecule has 0 aromatic carbocycles. The minimum absolute atomic E-state index is 0.00530. The zero-order valence-corrected chi connectivity index (χ0v) is 29.6. The van der Waals surface area contributed by atoms with Crippen LogP contribution >= 0.6 is 0 Å². The predicted octanol–water partition coefficient (Wildman–Crippen LogP) is 1.95. The molecule has 8 aliphatic rings. The van der Waals surface area contributed by atoms with Crippen LogP contribution in [0.4, 0.5) is 0 Å². The quantitative estimate of drug-likeness (QED) is 0.156. The van der Waals surface area contributed by atoms with Crippen LogP contribution in [0.5, 0.6) is 0 Å². The maximum absolute atomic E-state index is 13.2. The number of piperidine rings is 1. The fraction of sp³-hybridized carbons (Fsp3) is 0.921. The number of carboxylic acid groups (broad SMARTS) is 1. The van der Waals surface area contributed by atoms with Gasteiger partial charge in [-0.2, -0.15) is 0 Å². The van der Waals surface area contributed by atoms with Crippen LogP contribution in [0, 0.1) is 55.7 Å². The van der Waals surface area contributed by atoms with Crippen molar-refractivity contribution >= 4 is 5.97 Å². The van der Waals surface area contributed by atoms with Gasteiger partial charge in [-0.3, -0.25) is 4.79 Å². The van der Waals surface area contributed by atoms with Crippen LogP contribution in [0.2, 0.25) is 0 Å². The van der Waals surface area contributed by atoms with Gasteiger partial charge in [0.1, 0.15) is 18.3 Å². The van der Waals surface area contributed by atoms with Gasteiger partial charge in [0.15, 0.2) is 6.29 Å². The average molecular weight is 690 g/mol. The van der Waals surface area contributed by atoms with Crippen molar-refractivity contribution in [2.75, 3.05) is 26.4 Å². The molecule has 0 aromatic heterocycles. The second-order valence-corrected chi connectivity index (χ2v) is 18.9. The second-order valence-electron chi connectivity index (χ2n) is 18.9. The van der Waals surface area contributed by atoms with Crippen LogP contribution in [-0.4, -0.2) is 111 Å². The van der Waals surface area contributed by atoms with E-state index in [4.69, 9.17) is 9.47 Å². The Morgan fingerprint density at radius 1 is 0.939 bits per heavy atom. The van der Waals surface area contributed by atoms with E-state index >= 15 is 0 Å². The molecule has 0 unspecified atom stereocenters. The van der Waals surface area contributed by atoms with Crippen LogP contribution in [0.1, 0.15) is 91.9 Å². The molecule has 8 N–H and O–H groups in total. The van der Waals surface area contributed by atoms with Gasteiger partial charge in [0, 0.05) is 30.5 Å². The molecule has 17 atom stereocenters. The number of rotatable bonds is 5. The zero-order valence-electron chi connectivity index (χ0n) is 29.6. The summed E-state index contributed by atoms with van der Waals surface area (Å²) in [4.78, 5) is 13.2.